The van der Waals surface area contributed by atoms with Gasteiger partial charge in [-0.15, -0.1) is 0 Å². The zero-order valence-corrected chi connectivity index (χ0v) is 8.84. The van der Waals surface area contributed by atoms with E-state index in [0.717, 1.165) is 11.1 Å². The third-order valence-electron chi connectivity index (χ3n) is 2.50. The third kappa shape index (κ3) is 1.99. The van der Waals surface area contributed by atoms with Crippen LogP contribution in [0.2, 0.25) is 0 Å². The summed E-state index contributed by atoms with van der Waals surface area (Å²) in [4.78, 5) is 22.1. The number of hydrogen-bond donors (Lipinski definition) is 1. The molecule has 1 aromatic heterocycles. The molecule has 1 aliphatic carbocycles. The van der Waals surface area contributed by atoms with Crippen molar-refractivity contribution in [3.05, 3.63) is 28.0 Å². The molecule has 0 saturated carbocycles. The first-order valence-corrected chi connectivity index (χ1v) is 5.62. The van der Waals surface area contributed by atoms with Gasteiger partial charge in [0.1, 0.15) is 0 Å². The van der Waals surface area contributed by atoms with Crippen LogP contribution in [0.3, 0.4) is 0 Å². The fourth-order valence-corrected chi connectivity index (χ4v) is 2.49. The van der Waals surface area contributed by atoms with E-state index in [1.807, 2.05) is 16.8 Å². The number of carboxylic acids is 1. The first-order chi connectivity index (χ1) is 7.18. The highest BCUT2D eigenvalue weighted by atomic mass is 32.1. The molecule has 0 atom stereocenters. The van der Waals surface area contributed by atoms with Crippen molar-refractivity contribution < 1.29 is 14.7 Å². The maximum absolute atomic E-state index is 11.5. The van der Waals surface area contributed by atoms with Crippen molar-refractivity contribution in [2.24, 2.45) is 0 Å². The van der Waals surface area contributed by atoms with Gasteiger partial charge >= 0.3 is 5.97 Å². The Labute approximate surface area is 91.0 Å². The predicted octanol–water partition coefficient (Wildman–Crippen LogP) is 2.34. The number of ketones is 1. The van der Waals surface area contributed by atoms with Gasteiger partial charge in [0.15, 0.2) is 5.78 Å². The van der Waals surface area contributed by atoms with Gasteiger partial charge in [-0.05, 0) is 34.4 Å². The maximum Gasteiger partial charge on any atom is 0.307 e. The van der Waals surface area contributed by atoms with Gasteiger partial charge in [0.25, 0.3) is 0 Å². The number of hydrogen-bond acceptors (Lipinski definition) is 3. The van der Waals surface area contributed by atoms with Crippen LogP contribution in [0.4, 0.5) is 0 Å². The van der Waals surface area contributed by atoms with Crippen LogP contribution in [0.15, 0.2) is 22.4 Å². The Balaban J connectivity index is 2.38. The summed E-state index contributed by atoms with van der Waals surface area (Å²) in [5, 5.41) is 12.6. The summed E-state index contributed by atoms with van der Waals surface area (Å²) >= 11 is 1.56. The van der Waals surface area contributed by atoms with Crippen LogP contribution in [-0.2, 0) is 9.59 Å². The highest BCUT2D eigenvalue weighted by Crippen LogP contribution is 2.34. The molecule has 1 aliphatic rings. The van der Waals surface area contributed by atoms with Gasteiger partial charge in [-0.2, -0.15) is 11.3 Å². The predicted molar refractivity (Wildman–Crippen MR) is 57.7 cm³/mol. The summed E-state index contributed by atoms with van der Waals surface area (Å²) in [5.74, 6) is -0.952. The smallest absolute Gasteiger partial charge is 0.307 e. The molecule has 0 fully saturated rings. The summed E-state index contributed by atoms with van der Waals surface area (Å²) in [5.41, 5.74) is 2.41. The molecule has 0 saturated heterocycles. The van der Waals surface area contributed by atoms with Crippen LogP contribution in [0.5, 0.6) is 0 Å². The molecular formula is C11H10O3S. The van der Waals surface area contributed by atoms with Crippen LogP contribution in [-0.4, -0.2) is 16.9 Å². The average molecular weight is 222 g/mol. The second-order valence-corrected chi connectivity index (χ2v) is 4.24. The average Bonchev–Trinajstić information content (AvgIpc) is 2.76. The quantitative estimate of drug-likeness (QED) is 0.854. The van der Waals surface area contributed by atoms with Gasteiger partial charge in [0.2, 0.25) is 0 Å². The van der Waals surface area contributed by atoms with Gasteiger partial charge < -0.3 is 5.11 Å². The van der Waals surface area contributed by atoms with Crippen molar-refractivity contribution in [1.29, 1.82) is 0 Å². The lowest BCUT2D eigenvalue weighted by atomic mass is 10.0. The zero-order valence-electron chi connectivity index (χ0n) is 8.03. The number of carbonyl (C=O) groups is 2. The van der Waals surface area contributed by atoms with Gasteiger partial charge in [-0.1, -0.05) is 0 Å². The van der Waals surface area contributed by atoms with E-state index in [1.165, 1.54) is 0 Å². The molecule has 0 aromatic carbocycles. The van der Waals surface area contributed by atoms with Gasteiger partial charge in [0, 0.05) is 12.0 Å². The number of carbonyl (C=O) groups excluding carboxylic acids is 1. The van der Waals surface area contributed by atoms with E-state index >= 15 is 0 Å². The summed E-state index contributed by atoms with van der Waals surface area (Å²) in [6, 6.07) is 1.93. The van der Waals surface area contributed by atoms with Crippen molar-refractivity contribution in [2.45, 2.75) is 19.3 Å². The SMILES string of the molecule is O=C(O)CC1=C(c2ccsc2)CCC1=O. The molecule has 0 aliphatic heterocycles. The maximum atomic E-state index is 11.5. The Hall–Kier alpha value is -1.42. The number of allylic oxidation sites excluding steroid dienone is 1. The topological polar surface area (TPSA) is 54.4 Å². The molecule has 1 heterocycles. The second-order valence-electron chi connectivity index (χ2n) is 3.46. The van der Waals surface area contributed by atoms with Crippen LogP contribution >= 0.6 is 11.3 Å². The first-order valence-electron chi connectivity index (χ1n) is 4.68. The largest absolute Gasteiger partial charge is 0.481 e. The van der Waals surface area contributed by atoms with Crippen LogP contribution in [0.1, 0.15) is 24.8 Å². The van der Waals surface area contributed by atoms with Crippen molar-refractivity contribution in [2.75, 3.05) is 0 Å². The van der Waals surface area contributed by atoms with Crippen LogP contribution < -0.4 is 0 Å². The number of thiophene rings is 1. The first kappa shape index (κ1) is 10.1. The molecule has 3 nitrogen and oxygen atoms in total. The van der Waals surface area contributed by atoms with E-state index in [-0.39, 0.29) is 12.2 Å². The number of aliphatic carboxylic acids is 1. The fourth-order valence-electron chi connectivity index (χ4n) is 1.82. The lowest BCUT2D eigenvalue weighted by Crippen LogP contribution is -2.03. The number of rotatable bonds is 3. The number of carboxylic acid groups (broad SMARTS) is 1. The van der Waals surface area contributed by atoms with E-state index in [4.69, 9.17) is 5.11 Å². The van der Waals surface area contributed by atoms with E-state index in [9.17, 15) is 9.59 Å². The molecule has 0 amide bonds. The van der Waals surface area contributed by atoms with E-state index < -0.39 is 5.97 Å². The summed E-state index contributed by atoms with van der Waals surface area (Å²) in [6.45, 7) is 0. The monoisotopic (exact) mass is 222 g/mol. The molecule has 0 bridgehead atoms. The lowest BCUT2D eigenvalue weighted by molar-refractivity contribution is -0.136. The van der Waals surface area contributed by atoms with Gasteiger partial charge in [-0.25, -0.2) is 0 Å². The second kappa shape index (κ2) is 3.98. The minimum atomic E-state index is -0.937. The molecule has 1 aromatic rings. The Kier molecular flexibility index (Phi) is 2.68. The molecule has 4 heteroatoms. The Morgan fingerprint density at radius 1 is 1.47 bits per heavy atom. The zero-order chi connectivity index (χ0) is 10.8. The molecule has 0 unspecified atom stereocenters. The normalized spacial score (nSPS) is 16.1. The minimum absolute atomic E-state index is 0.0152. The third-order valence-corrected chi connectivity index (χ3v) is 3.18. The van der Waals surface area contributed by atoms with Crippen LogP contribution in [0, 0.1) is 0 Å². The molecule has 0 spiro atoms. The minimum Gasteiger partial charge on any atom is -0.481 e. The summed E-state index contributed by atoms with van der Waals surface area (Å²) in [7, 11) is 0. The van der Waals surface area contributed by atoms with E-state index in [1.54, 1.807) is 11.3 Å². The molecule has 2 rings (SSSR count). The highest BCUT2D eigenvalue weighted by Gasteiger charge is 2.25. The Morgan fingerprint density at radius 2 is 2.27 bits per heavy atom. The molecule has 1 N–H and O–H groups in total. The highest BCUT2D eigenvalue weighted by molar-refractivity contribution is 7.08. The van der Waals surface area contributed by atoms with Gasteiger partial charge in [-0.3, -0.25) is 9.59 Å². The number of Topliss-reactive ketones (excluding diaryl/α,β-unsaturated/α-hetero) is 1. The molecule has 15 heavy (non-hydrogen) atoms. The van der Waals surface area contributed by atoms with Gasteiger partial charge in [0.05, 0.1) is 6.42 Å². The fraction of sp³-hybridized carbons (Fsp3) is 0.273. The van der Waals surface area contributed by atoms with E-state index in [2.05, 4.69) is 0 Å². The van der Waals surface area contributed by atoms with Crippen molar-refractivity contribution >= 4 is 28.7 Å². The Morgan fingerprint density at radius 3 is 2.87 bits per heavy atom. The van der Waals surface area contributed by atoms with Crippen molar-refractivity contribution in [3.63, 3.8) is 0 Å². The molecular weight excluding hydrogens is 212 g/mol. The van der Waals surface area contributed by atoms with Crippen molar-refractivity contribution in [3.8, 4) is 0 Å². The molecule has 0 radical (unpaired) electrons. The molecule has 78 valence electrons. The standard InChI is InChI=1S/C11H10O3S/c12-10-2-1-8(7-3-4-15-6-7)9(10)5-11(13)14/h3-4,6H,1-2,5H2,(H,13,14). The van der Waals surface area contributed by atoms with Crippen molar-refractivity contribution in [1.82, 2.24) is 0 Å². The summed E-state index contributed by atoms with van der Waals surface area (Å²) < 4.78 is 0. The Bertz CT molecular complexity index is 429. The van der Waals surface area contributed by atoms with Crippen LogP contribution in [0.25, 0.3) is 5.57 Å². The summed E-state index contributed by atoms with van der Waals surface area (Å²) in [6.07, 6.45) is 0.982. The lowest BCUT2D eigenvalue weighted by Gasteiger charge is -2.01. The van der Waals surface area contributed by atoms with E-state index in [0.29, 0.717) is 18.4 Å².